The molecule has 1 aromatic heterocycles. The monoisotopic (exact) mass is 251 g/mol. The fourth-order valence-electron chi connectivity index (χ4n) is 1.18. The standard InChI is InChI=1S/C10H9N3O5/c1-2-3-7(10(15)16)12-9(14)6-4-5-8(11-6)13(17)18/h1,4-5,7,11H,3H2,(H,12,14)(H,15,16). The van der Waals surface area contributed by atoms with Gasteiger partial charge in [-0.3, -0.25) is 4.79 Å². The molecule has 0 aromatic carbocycles. The molecule has 1 unspecified atom stereocenters. The topological polar surface area (TPSA) is 125 Å². The second-order valence-corrected chi connectivity index (χ2v) is 3.29. The van der Waals surface area contributed by atoms with Crippen LogP contribution in [0.5, 0.6) is 0 Å². The molecule has 0 spiro atoms. The zero-order chi connectivity index (χ0) is 13.7. The normalized spacial score (nSPS) is 11.3. The maximum Gasteiger partial charge on any atom is 0.327 e. The zero-order valence-electron chi connectivity index (χ0n) is 9.04. The Labute approximate surface area is 101 Å². The third-order valence-corrected chi connectivity index (χ3v) is 2.04. The fourth-order valence-corrected chi connectivity index (χ4v) is 1.18. The number of amides is 1. The highest BCUT2D eigenvalue weighted by atomic mass is 16.6. The molecule has 1 rings (SSSR count). The molecule has 1 amide bonds. The van der Waals surface area contributed by atoms with Crippen LogP contribution in [0.25, 0.3) is 0 Å². The van der Waals surface area contributed by atoms with Gasteiger partial charge in [0.1, 0.15) is 6.04 Å². The Morgan fingerprint density at radius 2 is 2.28 bits per heavy atom. The number of terminal acetylenes is 1. The molecule has 0 saturated heterocycles. The molecule has 0 saturated carbocycles. The Balaban J connectivity index is 2.77. The Hall–Kier alpha value is -2.82. The van der Waals surface area contributed by atoms with E-state index in [1.807, 2.05) is 0 Å². The molecule has 3 N–H and O–H groups in total. The minimum absolute atomic E-state index is 0.107. The number of hydrogen-bond acceptors (Lipinski definition) is 4. The molecular formula is C10H9N3O5. The fraction of sp³-hybridized carbons (Fsp3) is 0.200. The first kappa shape index (κ1) is 13.2. The summed E-state index contributed by atoms with van der Waals surface area (Å²) in [5.74, 6) is -0.290. The van der Waals surface area contributed by atoms with Gasteiger partial charge in [0.15, 0.2) is 5.69 Å². The van der Waals surface area contributed by atoms with Gasteiger partial charge in [0, 0.05) is 12.5 Å². The smallest absolute Gasteiger partial charge is 0.327 e. The zero-order valence-corrected chi connectivity index (χ0v) is 9.04. The third-order valence-electron chi connectivity index (χ3n) is 2.04. The number of hydrogen-bond donors (Lipinski definition) is 3. The largest absolute Gasteiger partial charge is 0.480 e. The van der Waals surface area contributed by atoms with Crippen LogP contribution in [0.4, 0.5) is 5.82 Å². The van der Waals surface area contributed by atoms with Gasteiger partial charge in [-0.05, 0) is 11.0 Å². The van der Waals surface area contributed by atoms with E-state index in [9.17, 15) is 19.7 Å². The highest BCUT2D eigenvalue weighted by molar-refractivity contribution is 5.95. The Bertz CT molecular complexity index is 528. The third kappa shape index (κ3) is 3.08. The highest BCUT2D eigenvalue weighted by Gasteiger charge is 2.22. The van der Waals surface area contributed by atoms with Gasteiger partial charge in [-0.2, -0.15) is 0 Å². The number of H-pyrrole nitrogens is 1. The van der Waals surface area contributed by atoms with Crippen LogP contribution >= 0.6 is 0 Å². The van der Waals surface area contributed by atoms with Crippen molar-refractivity contribution < 1.29 is 19.6 Å². The van der Waals surface area contributed by atoms with Gasteiger partial charge in [-0.15, -0.1) is 12.3 Å². The summed E-state index contributed by atoms with van der Waals surface area (Å²) in [6.45, 7) is 0. The van der Waals surface area contributed by atoms with Gasteiger partial charge < -0.3 is 20.5 Å². The molecule has 8 heteroatoms. The molecular weight excluding hydrogens is 242 g/mol. The van der Waals surface area contributed by atoms with Crippen LogP contribution in [0.15, 0.2) is 12.1 Å². The first-order valence-electron chi connectivity index (χ1n) is 4.76. The first-order chi connectivity index (χ1) is 8.45. The number of carbonyl (C=O) groups is 2. The van der Waals surface area contributed by atoms with Crippen LogP contribution in [0.3, 0.4) is 0 Å². The lowest BCUT2D eigenvalue weighted by Gasteiger charge is -2.09. The Kier molecular flexibility index (Phi) is 4.04. The molecule has 0 bridgehead atoms. The lowest BCUT2D eigenvalue weighted by Crippen LogP contribution is -2.40. The number of nitro groups is 1. The molecule has 0 aliphatic carbocycles. The number of nitrogens with one attached hydrogen (secondary N) is 2. The minimum atomic E-state index is -1.28. The van der Waals surface area contributed by atoms with E-state index in [4.69, 9.17) is 11.5 Å². The van der Waals surface area contributed by atoms with Crippen molar-refractivity contribution in [1.29, 1.82) is 0 Å². The van der Waals surface area contributed by atoms with Crippen molar-refractivity contribution in [2.75, 3.05) is 0 Å². The van der Waals surface area contributed by atoms with Crippen LogP contribution < -0.4 is 5.32 Å². The van der Waals surface area contributed by atoms with E-state index in [1.165, 1.54) is 6.07 Å². The lowest BCUT2D eigenvalue weighted by molar-refractivity contribution is -0.389. The summed E-state index contributed by atoms with van der Waals surface area (Å²) < 4.78 is 0. The molecule has 0 aliphatic rings. The van der Waals surface area contributed by atoms with Crippen LogP contribution in [0, 0.1) is 22.5 Å². The maximum absolute atomic E-state index is 11.6. The summed E-state index contributed by atoms with van der Waals surface area (Å²) in [5, 5.41) is 21.3. The molecule has 0 radical (unpaired) electrons. The van der Waals surface area contributed by atoms with Crippen molar-refractivity contribution in [3.05, 3.63) is 27.9 Å². The molecule has 1 atom stereocenters. The minimum Gasteiger partial charge on any atom is -0.480 e. The van der Waals surface area contributed by atoms with Gasteiger partial charge in [0.25, 0.3) is 5.91 Å². The van der Waals surface area contributed by atoms with Gasteiger partial charge in [0.05, 0.1) is 0 Å². The SMILES string of the molecule is C#CCC(NC(=O)c1ccc([N+](=O)[O-])[nH]1)C(=O)O. The van der Waals surface area contributed by atoms with Crippen LogP contribution in [0.1, 0.15) is 16.9 Å². The van der Waals surface area contributed by atoms with E-state index in [1.54, 1.807) is 0 Å². The summed E-state index contributed by atoms with van der Waals surface area (Å²) in [5.41, 5.74) is -0.107. The predicted molar refractivity (Wildman–Crippen MR) is 59.8 cm³/mol. The van der Waals surface area contributed by atoms with Crippen LogP contribution in [-0.2, 0) is 4.79 Å². The number of carboxylic acid groups (broad SMARTS) is 1. The second kappa shape index (κ2) is 5.49. The summed E-state index contributed by atoms with van der Waals surface area (Å²) in [4.78, 5) is 34.2. The van der Waals surface area contributed by atoms with Gasteiger partial charge in [-0.1, -0.05) is 0 Å². The molecule has 1 heterocycles. The average molecular weight is 251 g/mol. The van der Waals surface area contributed by atoms with Gasteiger partial charge in [-0.25, -0.2) is 9.78 Å². The summed E-state index contributed by atoms with van der Waals surface area (Å²) in [7, 11) is 0. The number of aromatic nitrogens is 1. The van der Waals surface area contributed by atoms with E-state index < -0.39 is 22.8 Å². The number of carboxylic acids is 1. The Morgan fingerprint density at radius 1 is 1.61 bits per heavy atom. The predicted octanol–water partition coefficient (Wildman–Crippen LogP) is 0.129. The van der Waals surface area contributed by atoms with Crippen molar-refractivity contribution in [3.8, 4) is 12.3 Å². The van der Waals surface area contributed by atoms with Crippen molar-refractivity contribution in [3.63, 3.8) is 0 Å². The average Bonchev–Trinajstić information content (AvgIpc) is 2.77. The van der Waals surface area contributed by atoms with Crippen molar-refractivity contribution in [2.45, 2.75) is 12.5 Å². The van der Waals surface area contributed by atoms with Crippen LogP contribution in [-0.4, -0.2) is 32.9 Å². The van der Waals surface area contributed by atoms with E-state index in [-0.39, 0.29) is 17.9 Å². The lowest BCUT2D eigenvalue weighted by atomic mass is 10.2. The second-order valence-electron chi connectivity index (χ2n) is 3.29. The van der Waals surface area contributed by atoms with Gasteiger partial charge in [0.2, 0.25) is 0 Å². The summed E-state index contributed by atoms with van der Waals surface area (Å²) in [6, 6.07) is 1.05. The van der Waals surface area contributed by atoms with E-state index in [0.29, 0.717) is 0 Å². The molecule has 0 aliphatic heterocycles. The number of aromatic amines is 1. The number of rotatable bonds is 5. The van der Waals surface area contributed by atoms with E-state index in [0.717, 1.165) is 6.07 Å². The maximum atomic E-state index is 11.6. The molecule has 0 fully saturated rings. The van der Waals surface area contributed by atoms with E-state index >= 15 is 0 Å². The summed E-state index contributed by atoms with van der Waals surface area (Å²) >= 11 is 0. The molecule has 18 heavy (non-hydrogen) atoms. The Morgan fingerprint density at radius 3 is 2.72 bits per heavy atom. The van der Waals surface area contributed by atoms with Crippen molar-refractivity contribution in [2.24, 2.45) is 0 Å². The van der Waals surface area contributed by atoms with Crippen molar-refractivity contribution >= 4 is 17.7 Å². The number of nitrogens with zero attached hydrogens (tertiary/aromatic N) is 1. The first-order valence-corrected chi connectivity index (χ1v) is 4.76. The molecule has 1 aromatic rings. The molecule has 8 nitrogen and oxygen atoms in total. The van der Waals surface area contributed by atoms with Crippen LogP contribution in [0.2, 0.25) is 0 Å². The van der Waals surface area contributed by atoms with Crippen molar-refractivity contribution in [1.82, 2.24) is 10.3 Å². The van der Waals surface area contributed by atoms with E-state index in [2.05, 4.69) is 16.2 Å². The van der Waals surface area contributed by atoms with Gasteiger partial charge >= 0.3 is 11.8 Å². The number of aliphatic carboxylic acids is 1. The summed E-state index contributed by atoms with van der Waals surface area (Å²) in [6.07, 6.45) is 4.79. The quantitative estimate of drug-likeness (QED) is 0.389. The molecule has 94 valence electrons. The number of carbonyl (C=O) groups excluding carboxylic acids is 1. The highest BCUT2D eigenvalue weighted by Crippen LogP contribution is 2.10.